The molecule has 1 aromatic heterocycles. The molecule has 4 aromatic carbocycles. The fourth-order valence-corrected chi connectivity index (χ4v) is 4.72. The number of hydrogen-bond donors (Lipinski definition) is 1. The summed E-state index contributed by atoms with van der Waals surface area (Å²) < 4.78 is 2.10. The molecule has 1 heterocycles. The summed E-state index contributed by atoms with van der Waals surface area (Å²) in [6.07, 6.45) is 0. The van der Waals surface area contributed by atoms with Crippen LogP contribution in [0.15, 0.2) is 72.8 Å². The molecule has 0 aliphatic carbocycles. The Hall–Kier alpha value is -2.98. The van der Waals surface area contributed by atoms with Crippen LogP contribution in [0.1, 0.15) is 15.9 Å². The summed E-state index contributed by atoms with van der Waals surface area (Å²) in [6, 6.07) is 26.0. The van der Waals surface area contributed by atoms with Crippen LogP contribution in [-0.4, -0.2) is 10.5 Å². The van der Waals surface area contributed by atoms with E-state index in [-0.39, 0.29) is 0 Å². The van der Waals surface area contributed by atoms with Crippen molar-refractivity contribution in [1.82, 2.24) is 4.57 Å². The Bertz CT molecular complexity index is 1480. The largest absolute Gasteiger partial charge is 0.366 e. The highest BCUT2D eigenvalue weighted by Crippen LogP contribution is 2.36. The van der Waals surface area contributed by atoms with Gasteiger partial charge in [-0.05, 0) is 65.7 Å². The van der Waals surface area contributed by atoms with Crippen LogP contribution in [0.3, 0.4) is 0 Å². The van der Waals surface area contributed by atoms with Crippen LogP contribution < -0.4 is 5.73 Å². The molecular weight excluding hydrogens is 463 g/mol. The SMILES string of the molecule is NC(=O)c1cccc2c1c1[c]cc(-c3ccc(Cl)cc3)cc1n2Cc1c(Cl)cccc1Cl. The zero-order valence-electron chi connectivity index (χ0n) is 16.7. The lowest BCUT2D eigenvalue weighted by atomic mass is 10.0. The van der Waals surface area contributed by atoms with Gasteiger partial charge in [0.25, 0.3) is 0 Å². The first-order valence-electron chi connectivity index (χ1n) is 9.89. The normalized spacial score (nSPS) is 11.3. The third-order valence-electron chi connectivity index (χ3n) is 5.62. The quantitative estimate of drug-likeness (QED) is 0.288. The molecule has 3 nitrogen and oxygen atoms in total. The molecule has 6 heteroatoms. The van der Waals surface area contributed by atoms with E-state index in [1.807, 2.05) is 60.7 Å². The molecule has 1 radical (unpaired) electrons. The molecule has 0 aliphatic heterocycles. The van der Waals surface area contributed by atoms with Crippen molar-refractivity contribution in [1.29, 1.82) is 0 Å². The maximum atomic E-state index is 12.2. The van der Waals surface area contributed by atoms with E-state index >= 15 is 0 Å². The van der Waals surface area contributed by atoms with Gasteiger partial charge in [-0.2, -0.15) is 0 Å². The van der Waals surface area contributed by atoms with E-state index in [0.29, 0.717) is 27.2 Å². The second-order valence-electron chi connectivity index (χ2n) is 7.51. The molecule has 0 spiro atoms. The third kappa shape index (κ3) is 3.53. The summed E-state index contributed by atoms with van der Waals surface area (Å²) in [7, 11) is 0. The van der Waals surface area contributed by atoms with Gasteiger partial charge in [-0.1, -0.05) is 59.1 Å². The van der Waals surface area contributed by atoms with Crippen molar-refractivity contribution < 1.29 is 4.79 Å². The van der Waals surface area contributed by atoms with Crippen molar-refractivity contribution >= 4 is 62.5 Å². The number of aromatic nitrogens is 1. The molecule has 0 aliphatic rings. The van der Waals surface area contributed by atoms with Crippen molar-refractivity contribution in [2.75, 3.05) is 0 Å². The van der Waals surface area contributed by atoms with Gasteiger partial charge in [0.1, 0.15) is 0 Å². The second-order valence-corrected chi connectivity index (χ2v) is 8.76. The zero-order valence-corrected chi connectivity index (χ0v) is 19.0. The first kappa shape index (κ1) is 20.9. The average molecular weight is 479 g/mol. The van der Waals surface area contributed by atoms with E-state index in [9.17, 15) is 4.79 Å². The van der Waals surface area contributed by atoms with E-state index in [4.69, 9.17) is 40.5 Å². The number of amides is 1. The Morgan fingerprint density at radius 2 is 1.56 bits per heavy atom. The van der Waals surface area contributed by atoms with Gasteiger partial charge in [0.05, 0.1) is 17.6 Å². The number of nitrogens with zero attached hydrogens (tertiary/aromatic N) is 1. The molecule has 32 heavy (non-hydrogen) atoms. The first-order chi connectivity index (χ1) is 15.4. The van der Waals surface area contributed by atoms with Crippen LogP contribution in [0, 0.1) is 6.07 Å². The van der Waals surface area contributed by atoms with Gasteiger partial charge in [0.15, 0.2) is 0 Å². The van der Waals surface area contributed by atoms with E-state index in [1.54, 1.807) is 6.07 Å². The fraction of sp³-hybridized carbons (Fsp3) is 0.0385. The lowest BCUT2D eigenvalue weighted by Gasteiger charge is -2.12. The predicted octanol–water partition coefficient (Wildman–Crippen LogP) is 7.37. The average Bonchev–Trinajstić information content (AvgIpc) is 3.09. The molecule has 0 unspecified atom stereocenters. The van der Waals surface area contributed by atoms with Gasteiger partial charge in [-0.15, -0.1) is 0 Å². The molecule has 5 rings (SSSR count). The van der Waals surface area contributed by atoms with Gasteiger partial charge < -0.3 is 10.3 Å². The molecule has 2 N–H and O–H groups in total. The molecule has 1 amide bonds. The lowest BCUT2D eigenvalue weighted by molar-refractivity contribution is 0.100. The van der Waals surface area contributed by atoms with Gasteiger partial charge in [-0.3, -0.25) is 4.79 Å². The van der Waals surface area contributed by atoms with Crippen molar-refractivity contribution in [3.05, 3.63) is 105 Å². The van der Waals surface area contributed by atoms with Crippen LogP contribution in [-0.2, 0) is 6.54 Å². The number of nitrogens with two attached hydrogens (primary N) is 1. The summed E-state index contributed by atoms with van der Waals surface area (Å²) in [5, 5.41) is 3.41. The number of rotatable bonds is 4. The van der Waals surface area contributed by atoms with Gasteiger partial charge in [-0.25, -0.2) is 0 Å². The van der Waals surface area contributed by atoms with Gasteiger partial charge in [0.2, 0.25) is 5.91 Å². The molecule has 0 atom stereocenters. The Balaban J connectivity index is 1.82. The fourth-order valence-electron chi connectivity index (χ4n) is 4.08. The van der Waals surface area contributed by atoms with Gasteiger partial charge >= 0.3 is 0 Å². The Morgan fingerprint density at radius 1 is 0.875 bits per heavy atom. The highest BCUT2D eigenvalue weighted by atomic mass is 35.5. The maximum absolute atomic E-state index is 12.2. The smallest absolute Gasteiger partial charge is 0.249 e. The van der Waals surface area contributed by atoms with E-state index in [1.165, 1.54) is 0 Å². The summed E-state index contributed by atoms with van der Waals surface area (Å²) in [5.41, 5.74) is 10.7. The summed E-state index contributed by atoms with van der Waals surface area (Å²) >= 11 is 19.0. The summed E-state index contributed by atoms with van der Waals surface area (Å²) in [4.78, 5) is 12.2. The van der Waals surface area contributed by atoms with Crippen LogP contribution in [0.5, 0.6) is 0 Å². The number of carbonyl (C=O) groups is 1. The van der Waals surface area contributed by atoms with E-state index in [0.717, 1.165) is 38.5 Å². The number of carbonyl (C=O) groups excluding carboxylic acids is 1. The topological polar surface area (TPSA) is 48.0 Å². The molecule has 0 fully saturated rings. The highest BCUT2D eigenvalue weighted by Gasteiger charge is 2.19. The highest BCUT2D eigenvalue weighted by molar-refractivity contribution is 6.36. The van der Waals surface area contributed by atoms with Crippen LogP contribution in [0.25, 0.3) is 32.9 Å². The summed E-state index contributed by atoms with van der Waals surface area (Å²) in [6.45, 7) is 0.429. The van der Waals surface area contributed by atoms with Crippen LogP contribution >= 0.6 is 34.8 Å². The minimum Gasteiger partial charge on any atom is -0.366 e. The zero-order chi connectivity index (χ0) is 22.4. The van der Waals surface area contributed by atoms with Crippen molar-refractivity contribution in [3.8, 4) is 11.1 Å². The monoisotopic (exact) mass is 477 g/mol. The lowest BCUT2D eigenvalue weighted by Crippen LogP contribution is -2.11. The van der Waals surface area contributed by atoms with Crippen molar-refractivity contribution in [2.45, 2.75) is 6.54 Å². The minimum absolute atomic E-state index is 0.429. The molecule has 0 bridgehead atoms. The molecule has 0 saturated carbocycles. The predicted molar refractivity (Wildman–Crippen MR) is 133 cm³/mol. The maximum Gasteiger partial charge on any atom is 0.249 e. The second kappa shape index (κ2) is 8.18. The molecule has 5 aromatic rings. The van der Waals surface area contributed by atoms with E-state index < -0.39 is 5.91 Å². The number of fused-ring (bicyclic) bond motifs is 3. The molecule has 0 saturated heterocycles. The molecular formula is C26H16Cl3N2O. The standard InChI is InChI=1S/C26H16Cl3N2O/c27-17-10-7-15(8-11-17)16-9-12-18-24(13-16)31(14-20-21(28)4-2-5-22(20)29)23-6-1-3-19(25(18)23)26(30)32/h1-11,13H,14H2,(H2,30,32). The number of halogens is 3. The first-order valence-corrected chi connectivity index (χ1v) is 11.0. The Labute approximate surface area is 199 Å². The van der Waals surface area contributed by atoms with Gasteiger partial charge in [0, 0.05) is 37.0 Å². The number of primary amides is 1. The molecule has 157 valence electrons. The summed E-state index contributed by atoms with van der Waals surface area (Å²) in [5.74, 6) is -0.486. The van der Waals surface area contributed by atoms with E-state index in [2.05, 4.69) is 16.7 Å². The third-order valence-corrected chi connectivity index (χ3v) is 6.58. The number of hydrogen-bond acceptors (Lipinski definition) is 1. The van der Waals surface area contributed by atoms with Crippen molar-refractivity contribution in [2.24, 2.45) is 5.73 Å². The number of benzene rings is 4. The van der Waals surface area contributed by atoms with Crippen molar-refractivity contribution in [3.63, 3.8) is 0 Å². The Morgan fingerprint density at radius 3 is 2.25 bits per heavy atom. The Kier molecular flexibility index (Phi) is 5.34. The van der Waals surface area contributed by atoms with Crippen LogP contribution in [0.2, 0.25) is 15.1 Å². The van der Waals surface area contributed by atoms with Crippen LogP contribution in [0.4, 0.5) is 0 Å². The minimum atomic E-state index is -0.486.